The van der Waals surface area contributed by atoms with Gasteiger partial charge in [0, 0.05) is 39.0 Å². The standard InChI is InChI=1S/C23H29N3O3/c1-17-7-9-20(10-8-17)22(25-18(2)27)13-23(28)26(16-21-6-4-12-29-21)15-19-5-3-11-24-14-19/h3,5,7-11,14,21-22H,4,6,12-13,15-16H2,1-2H3,(H,25,27). The summed E-state index contributed by atoms with van der Waals surface area (Å²) in [7, 11) is 0. The van der Waals surface area contributed by atoms with Gasteiger partial charge in [0.15, 0.2) is 0 Å². The Hall–Kier alpha value is -2.73. The SMILES string of the molecule is CC(=O)NC(CC(=O)N(Cc1cccnc1)CC1CCCO1)c1ccc(C)cc1. The Morgan fingerprint density at radius 3 is 2.69 bits per heavy atom. The number of amides is 2. The third-order valence-corrected chi connectivity index (χ3v) is 5.13. The number of aromatic nitrogens is 1. The van der Waals surface area contributed by atoms with E-state index < -0.39 is 0 Å². The lowest BCUT2D eigenvalue weighted by Gasteiger charge is -2.28. The zero-order valence-corrected chi connectivity index (χ0v) is 17.1. The molecule has 29 heavy (non-hydrogen) atoms. The van der Waals surface area contributed by atoms with Crippen LogP contribution in [0.5, 0.6) is 0 Å². The van der Waals surface area contributed by atoms with E-state index in [1.807, 2.05) is 48.2 Å². The first kappa shape index (κ1) is 21.0. The fourth-order valence-corrected chi connectivity index (χ4v) is 3.60. The molecule has 1 aromatic carbocycles. The van der Waals surface area contributed by atoms with E-state index in [0.717, 1.165) is 36.1 Å². The summed E-state index contributed by atoms with van der Waals surface area (Å²) < 4.78 is 5.76. The van der Waals surface area contributed by atoms with Gasteiger partial charge in [-0.2, -0.15) is 0 Å². The topological polar surface area (TPSA) is 71.5 Å². The van der Waals surface area contributed by atoms with E-state index in [1.165, 1.54) is 6.92 Å². The van der Waals surface area contributed by atoms with Gasteiger partial charge >= 0.3 is 0 Å². The van der Waals surface area contributed by atoms with Crippen molar-refractivity contribution in [2.24, 2.45) is 0 Å². The minimum atomic E-state index is -0.360. The van der Waals surface area contributed by atoms with E-state index in [0.29, 0.717) is 13.1 Å². The number of benzene rings is 1. The second-order valence-corrected chi connectivity index (χ2v) is 7.64. The molecular formula is C23H29N3O3. The second kappa shape index (κ2) is 10.2. The van der Waals surface area contributed by atoms with Gasteiger partial charge in [-0.1, -0.05) is 35.9 Å². The molecule has 1 aliphatic heterocycles. The second-order valence-electron chi connectivity index (χ2n) is 7.64. The van der Waals surface area contributed by atoms with Gasteiger partial charge in [-0.15, -0.1) is 0 Å². The predicted molar refractivity (Wildman–Crippen MR) is 111 cm³/mol. The van der Waals surface area contributed by atoms with Crippen LogP contribution in [0, 0.1) is 6.92 Å². The number of nitrogens with one attached hydrogen (secondary N) is 1. The Balaban J connectivity index is 1.76. The van der Waals surface area contributed by atoms with E-state index in [9.17, 15) is 9.59 Å². The summed E-state index contributed by atoms with van der Waals surface area (Å²) in [4.78, 5) is 31.0. The van der Waals surface area contributed by atoms with Crippen molar-refractivity contribution in [2.45, 2.75) is 51.8 Å². The first-order chi connectivity index (χ1) is 14.0. The maximum atomic E-state index is 13.3. The summed E-state index contributed by atoms with van der Waals surface area (Å²) in [5.74, 6) is -0.162. The summed E-state index contributed by atoms with van der Waals surface area (Å²) in [6.45, 7) is 5.27. The molecule has 6 heteroatoms. The van der Waals surface area contributed by atoms with E-state index in [1.54, 1.807) is 12.4 Å². The molecule has 1 saturated heterocycles. The molecule has 0 spiro atoms. The lowest BCUT2D eigenvalue weighted by molar-refractivity contribution is -0.134. The average Bonchev–Trinajstić information content (AvgIpc) is 3.21. The van der Waals surface area contributed by atoms with Crippen LogP contribution in [-0.2, 0) is 20.9 Å². The average molecular weight is 396 g/mol. The zero-order chi connectivity index (χ0) is 20.6. The van der Waals surface area contributed by atoms with Gasteiger partial charge in [-0.25, -0.2) is 0 Å². The molecule has 0 bridgehead atoms. The number of carbonyl (C=O) groups excluding carboxylic acids is 2. The van der Waals surface area contributed by atoms with Gasteiger partial charge in [0.25, 0.3) is 0 Å². The van der Waals surface area contributed by atoms with Crippen molar-refractivity contribution in [2.75, 3.05) is 13.2 Å². The van der Waals surface area contributed by atoms with Gasteiger partial charge in [0.1, 0.15) is 0 Å². The molecule has 6 nitrogen and oxygen atoms in total. The van der Waals surface area contributed by atoms with Crippen LogP contribution in [0.25, 0.3) is 0 Å². The van der Waals surface area contributed by atoms with Crippen molar-refractivity contribution in [1.82, 2.24) is 15.2 Å². The van der Waals surface area contributed by atoms with E-state index >= 15 is 0 Å². The molecule has 1 N–H and O–H groups in total. The minimum Gasteiger partial charge on any atom is -0.376 e. The van der Waals surface area contributed by atoms with E-state index in [4.69, 9.17) is 4.74 Å². The van der Waals surface area contributed by atoms with E-state index in [-0.39, 0.29) is 30.4 Å². The molecule has 1 aromatic heterocycles. The van der Waals surface area contributed by atoms with Crippen LogP contribution in [0.15, 0.2) is 48.8 Å². The van der Waals surface area contributed by atoms with Crippen molar-refractivity contribution >= 4 is 11.8 Å². The molecular weight excluding hydrogens is 366 g/mol. The van der Waals surface area contributed by atoms with Crippen molar-refractivity contribution in [3.8, 4) is 0 Å². The van der Waals surface area contributed by atoms with Crippen LogP contribution in [0.2, 0.25) is 0 Å². The highest BCUT2D eigenvalue weighted by molar-refractivity contribution is 5.79. The number of hydrogen-bond donors (Lipinski definition) is 1. The van der Waals surface area contributed by atoms with Crippen molar-refractivity contribution in [3.05, 3.63) is 65.5 Å². The minimum absolute atomic E-state index is 0.0105. The number of hydrogen-bond acceptors (Lipinski definition) is 4. The molecule has 0 radical (unpaired) electrons. The van der Waals surface area contributed by atoms with Crippen molar-refractivity contribution in [1.29, 1.82) is 0 Å². The summed E-state index contributed by atoms with van der Waals surface area (Å²) in [6.07, 6.45) is 5.76. The molecule has 3 rings (SSSR count). The smallest absolute Gasteiger partial charge is 0.225 e. The molecule has 2 unspecified atom stereocenters. The van der Waals surface area contributed by atoms with E-state index in [2.05, 4.69) is 10.3 Å². The lowest BCUT2D eigenvalue weighted by atomic mass is 10.0. The number of pyridine rings is 1. The summed E-state index contributed by atoms with van der Waals surface area (Å²) in [5, 5.41) is 2.93. The number of carbonyl (C=O) groups is 2. The molecule has 2 aromatic rings. The molecule has 154 valence electrons. The highest BCUT2D eigenvalue weighted by Crippen LogP contribution is 2.21. The first-order valence-corrected chi connectivity index (χ1v) is 10.1. The third kappa shape index (κ3) is 6.39. The van der Waals surface area contributed by atoms with Gasteiger partial charge in [-0.3, -0.25) is 14.6 Å². The largest absolute Gasteiger partial charge is 0.376 e. The van der Waals surface area contributed by atoms with Crippen LogP contribution in [-0.4, -0.2) is 41.0 Å². The molecule has 1 fully saturated rings. The fourth-order valence-electron chi connectivity index (χ4n) is 3.60. The molecule has 0 saturated carbocycles. The molecule has 2 atom stereocenters. The van der Waals surface area contributed by atoms with Crippen LogP contribution in [0.3, 0.4) is 0 Å². The van der Waals surface area contributed by atoms with Crippen LogP contribution in [0.1, 0.15) is 48.9 Å². The Bertz CT molecular complexity index is 802. The molecule has 2 heterocycles. The van der Waals surface area contributed by atoms with Gasteiger partial charge in [0.2, 0.25) is 11.8 Å². The third-order valence-electron chi connectivity index (χ3n) is 5.13. The quantitative estimate of drug-likeness (QED) is 0.745. The molecule has 0 aliphatic carbocycles. The Morgan fingerprint density at radius 2 is 2.07 bits per heavy atom. The van der Waals surface area contributed by atoms with Gasteiger partial charge in [-0.05, 0) is 37.0 Å². The highest BCUT2D eigenvalue weighted by Gasteiger charge is 2.26. The zero-order valence-electron chi connectivity index (χ0n) is 17.1. The first-order valence-electron chi connectivity index (χ1n) is 10.1. The summed E-state index contributed by atoms with van der Waals surface area (Å²) in [6, 6.07) is 11.4. The number of aryl methyl sites for hydroxylation is 1. The lowest BCUT2D eigenvalue weighted by Crippen LogP contribution is -2.39. The Kier molecular flexibility index (Phi) is 7.36. The maximum absolute atomic E-state index is 13.3. The number of rotatable bonds is 8. The van der Waals surface area contributed by atoms with Crippen molar-refractivity contribution in [3.63, 3.8) is 0 Å². The van der Waals surface area contributed by atoms with Gasteiger partial charge in [0.05, 0.1) is 18.6 Å². The van der Waals surface area contributed by atoms with Crippen LogP contribution in [0.4, 0.5) is 0 Å². The summed E-state index contributed by atoms with van der Waals surface area (Å²) >= 11 is 0. The Labute approximate surface area is 172 Å². The number of ether oxygens (including phenoxy) is 1. The highest BCUT2D eigenvalue weighted by atomic mass is 16.5. The Morgan fingerprint density at radius 1 is 1.28 bits per heavy atom. The predicted octanol–water partition coefficient (Wildman–Crippen LogP) is 3.17. The maximum Gasteiger partial charge on any atom is 0.225 e. The fraction of sp³-hybridized carbons (Fsp3) is 0.435. The van der Waals surface area contributed by atoms with Crippen LogP contribution >= 0.6 is 0 Å². The monoisotopic (exact) mass is 395 g/mol. The summed E-state index contributed by atoms with van der Waals surface area (Å²) in [5.41, 5.74) is 3.04. The molecule has 2 amide bonds. The van der Waals surface area contributed by atoms with Crippen molar-refractivity contribution < 1.29 is 14.3 Å². The van der Waals surface area contributed by atoms with Crippen LogP contribution < -0.4 is 5.32 Å². The number of nitrogens with zero attached hydrogens (tertiary/aromatic N) is 2. The molecule has 1 aliphatic rings. The normalized spacial score (nSPS) is 17.0. The van der Waals surface area contributed by atoms with Gasteiger partial charge < -0.3 is 15.0 Å².